The van der Waals surface area contributed by atoms with Gasteiger partial charge in [0.25, 0.3) is 0 Å². The van der Waals surface area contributed by atoms with Crippen LogP contribution in [0.25, 0.3) is 110 Å². The molecule has 0 radical (unpaired) electrons. The van der Waals surface area contributed by atoms with Crippen molar-refractivity contribution in [1.82, 2.24) is 9.97 Å². The van der Waals surface area contributed by atoms with E-state index in [-0.39, 0.29) is 0 Å². The first-order chi connectivity index (χ1) is 25.7. The number of rotatable bonds is 4. The molecule has 0 aliphatic heterocycles. The third-order valence-corrected chi connectivity index (χ3v) is 10.2. The van der Waals surface area contributed by atoms with E-state index in [9.17, 15) is 0 Å². The van der Waals surface area contributed by atoms with Crippen LogP contribution in [-0.2, 0) is 0 Å². The number of hydrogen-bond donors (Lipinski definition) is 0. The molecule has 0 N–H and O–H groups in total. The highest BCUT2D eigenvalue weighted by Crippen LogP contribution is 2.40. The maximum atomic E-state index is 6.35. The standard InChI is InChI=1S/C48H28N2O2/c1-2-10-29(11-3-1)48-49-42-26-31-13-5-4-12-30(31)25-41(42)47(50-48)36-23-34(32-18-20-39-37-14-6-8-16-43(37)51-45(39)27-32)22-35(24-36)33-19-21-40-38-15-7-9-17-44(38)52-46(40)28-33/h1-28H. The zero-order valence-electron chi connectivity index (χ0n) is 27.9. The third kappa shape index (κ3) is 4.62. The Morgan fingerprint density at radius 1 is 0.308 bits per heavy atom. The predicted octanol–water partition coefficient (Wildman–Crippen LogP) is 13.2. The lowest BCUT2D eigenvalue weighted by atomic mass is 9.92. The third-order valence-electron chi connectivity index (χ3n) is 10.2. The Morgan fingerprint density at radius 2 is 0.827 bits per heavy atom. The van der Waals surface area contributed by atoms with Gasteiger partial charge in [0, 0.05) is 38.1 Å². The Bertz CT molecular complexity index is 3060. The molecule has 8 aromatic carbocycles. The van der Waals surface area contributed by atoms with Crippen LogP contribution < -0.4 is 0 Å². The Balaban J connectivity index is 1.18. The molecule has 4 heteroatoms. The molecule has 0 amide bonds. The molecule has 0 atom stereocenters. The van der Waals surface area contributed by atoms with Crippen LogP contribution >= 0.6 is 0 Å². The molecular weight excluding hydrogens is 637 g/mol. The first-order valence-corrected chi connectivity index (χ1v) is 17.5. The van der Waals surface area contributed by atoms with E-state index < -0.39 is 0 Å². The number of hydrogen-bond acceptors (Lipinski definition) is 4. The van der Waals surface area contributed by atoms with Gasteiger partial charge in [0.1, 0.15) is 22.3 Å². The second-order valence-electron chi connectivity index (χ2n) is 13.4. The van der Waals surface area contributed by atoms with Crippen LogP contribution in [0.15, 0.2) is 179 Å². The van der Waals surface area contributed by atoms with Crippen LogP contribution in [0.4, 0.5) is 0 Å². The second kappa shape index (κ2) is 11.2. The minimum absolute atomic E-state index is 0.692. The van der Waals surface area contributed by atoms with Gasteiger partial charge in [-0.2, -0.15) is 0 Å². The van der Waals surface area contributed by atoms with Crippen LogP contribution in [0.2, 0.25) is 0 Å². The summed E-state index contributed by atoms with van der Waals surface area (Å²) in [7, 11) is 0. The topological polar surface area (TPSA) is 52.1 Å². The van der Waals surface area contributed by atoms with Crippen LogP contribution in [-0.4, -0.2) is 9.97 Å². The molecular formula is C48H28N2O2. The Labute approximate surface area is 298 Å². The van der Waals surface area contributed by atoms with Gasteiger partial charge in [0.15, 0.2) is 5.82 Å². The van der Waals surface area contributed by atoms with Crippen molar-refractivity contribution in [3.63, 3.8) is 0 Å². The Morgan fingerprint density at radius 3 is 1.46 bits per heavy atom. The fourth-order valence-electron chi connectivity index (χ4n) is 7.66. The molecule has 242 valence electrons. The highest BCUT2D eigenvalue weighted by atomic mass is 16.3. The molecule has 11 rings (SSSR count). The summed E-state index contributed by atoms with van der Waals surface area (Å²) in [5.74, 6) is 0.692. The van der Waals surface area contributed by atoms with E-state index >= 15 is 0 Å². The summed E-state index contributed by atoms with van der Waals surface area (Å²) in [6.45, 7) is 0. The van der Waals surface area contributed by atoms with Crippen LogP contribution in [0, 0.1) is 0 Å². The van der Waals surface area contributed by atoms with Crippen molar-refractivity contribution in [1.29, 1.82) is 0 Å². The van der Waals surface area contributed by atoms with Gasteiger partial charge in [0.2, 0.25) is 0 Å². The summed E-state index contributed by atoms with van der Waals surface area (Å²) in [6.07, 6.45) is 0. The lowest BCUT2D eigenvalue weighted by Gasteiger charge is -2.14. The van der Waals surface area contributed by atoms with E-state index in [1.165, 1.54) is 0 Å². The molecule has 0 fully saturated rings. The summed E-state index contributed by atoms with van der Waals surface area (Å²) in [5, 5.41) is 7.73. The molecule has 3 heterocycles. The van der Waals surface area contributed by atoms with Crippen molar-refractivity contribution in [3.8, 4) is 44.9 Å². The zero-order valence-corrected chi connectivity index (χ0v) is 27.9. The molecule has 3 aromatic heterocycles. The first kappa shape index (κ1) is 28.8. The van der Waals surface area contributed by atoms with E-state index in [0.717, 1.165) is 105 Å². The molecule has 0 bridgehead atoms. The van der Waals surface area contributed by atoms with Gasteiger partial charge in [-0.25, -0.2) is 9.97 Å². The molecule has 4 nitrogen and oxygen atoms in total. The highest BCUT2D eigenvalue weighted by Gasteiger charge is 2.17. The minimum atomic E-state index is 0.692. The number of benzene rings is 8. The Hall–Kier alpha value is -7.04. The van der Waals surface area contributed by atoms with E-state index in [1.807, 2.05) is 42.5 Å². The van der Waals surface area contributed by atoms with Crippen molar-refractivity contribution in [2.45, 2.75) is 0 Å². The zero-order chi connectivity index (χ0) is 34.2. The van der Waals surface area contributed by atoms with Crippen molar-refractivity contribution in [3.05, 3.63) is 170 Å². The van der Waals surface area contributed by atoms with E-state index in [1.54, 1.807) is 0 Å². The molecule has 0 saturated carbocycles. The predicted molar refractivity (Wildman–Crippen MR) is 213 cm³/mol. The largest absolute Gasteiger partial charge is 0.456 e. The van der Waals surface area contributed by atoms with Gasteiger partial charge in [-0.15, -0.1) is 0 Å². The SMILES string of the molecule is c1ccc(-c2nc(-c3cc(-c4ccc5c(c4)oc4ccccc45)cc(-c4ccc5c(c4)oc4ccccc45)c3)c3cc4ccccc4cc3n2)cc1. The van der Waals surface area contributed by atoms with Crippen LogP contribution in [0.5, 0.6) is 0 Å². The van der Waals surface area contributed by atoms with Gasteiger partial charge < -0.3 is 8.83 Å². The maximum Gasteiger partial charge on any atom is 0.160 e. The van der Waals surface area contributed by atoms with Crippen LogP contribution in [0.3, 0.4) is 0 Å². The molecule has 0 aliphatic rings. The summed E-state index contributed by atoms with van der Waals surface area (Å²) < 4.78 is 12.7. The molecule has 11 aromatic rings. The fourth-order valence-corrected chi connectivity index (χ4v) is 7.66. The van der Waals surface area contributed by atoms with Gasteiger partial charge in [0.05, 0.1) is 11.2 Å². The van der Waals surface area contributed by atoms with Crippen molar-refractivity contribution in [2.75, 3.05) is 0 Å². The number of furan rings is 2. The van der Waals surface area contributed by atoms with Gasteiger partial charge in [-0.3, -0.25) is 0 Å². The molecule has 52 heavy (non-hydrogen) atoms. The molecule has 0 spiro atoms. The fraction of sp³-hybridized carbons (Fsp3) is 0. The highest BCUT2D eigenvalue weighted by molar-refractivity contribution is 6.08. The normalized spacial score (nSPS) is 11.8. The van der Waals surface area contributed by atoms with Gasteiger partial charge >= 0.3 is 0 Å². The molecule has 0 aliphatic carbocycles. The summed E-state index contributed by atoms with van der Waals surface area (Å²) >= 11 is 0. The number of fused-ring (bicyclic) bond motifs is 8. The maximum absolute atomic E-state index is 6.35. The number of nitrogens with zero attached hydrogens (tertiary/aromatic N) is 2. The van der Waals surface area contributed by atoms with Crippen molar-refractivity contribution >= 4 is 65.6 Å². The second-order valence-corrected chi connectivity index (χ2v) is 13.4. The van der Waals surface area contributed by atoms with Gasteiger partial charge in [-0.05, 0) is 99.8 Å². The van der Waals surface area contributed by atoms with E-state index in [2.05, 4.69) is 127 Å². The lowest BCUT2D eigenvalue weighted by molar-refractivity contribution is 0.668. The van der Waals surface area contributed by atoms with Crippen LogP contribution in [0.1, 0.15) is 0 Å². The quantitative estimate of drug-likeness (QED) is 0.176. The monoisotopic (exact) mass is 664 g/mol. The lowest BCUT2D eigenvalue weighted by Crippen LogP contribution is -1.96. The first-order valence-electron chi connectivity index (χ1n) is 17.5. The molecule has 0 unspecified atom stereocenters. The summed E-state index contributed by atoms with van der Waals surface area (Å²) in [5.41, 5.74) is 11.5. The average Bonchev–Trinajstić information content (AvgIpc) is 3.77. The number of aromatic nitrogens is 2. The van der Waals surface area contributed by atoms with E-state index in [4.69, 9.17) is 18.8 Å². The molecule has 0 saturated heterocycles. The minimum Gasteiger partial charge on any atom is -0.456 e. The smallest absolute Gasteiger partial charge is 0.160 e. The summed E-state index contributed by atoms with van der Waals surface area (Å²) in [4.78, 5) is 10.4. The van der Waals surface area contributed by atoms with Crippen molar-refractivity contribution < 1.29 is 8.83 Å². The summed E-state index contributed by atoms with van der Waals surface area (Å²) in [6, 6.07) is 59.3. The average molecular weight is 665 g/mol. The van der Waals surface area contributed by atoms with Crippen molar-refractivity contribution in [2.24, 2.45) is 0 Å². The van der Waals surface area contributed by atoms with E-state index in [0.29, 0.717) is 5.82 Å². The van der Waals surface area contributed by atoms with Gasteiger partial charge in [-0.1, -0.05) is 103 Å². The number of para-hydroxylation sites is 2. The Kier molecular flexibility index (Phi) is 6.22.